The van der Waals surface area contributed by atoms with E-state index in [1.807, 2.05) is 27.7 Å². The molecule has 1 aliphatic rings. The van der Waals surface area contributed by atoms with Crippen molar-refractivity contribution in [2.75, 3.05) is 26.7 Å². The van der Waals surface area contributed by atoms with E-state index in [4.69, 9.17) is 9.84 Å². The number of hydrogen-bond acceptors (Lipinski definition) is 6. The average Bonchev–Trinajstić information content (AvgIpc) is 2.58. The molecule has 1 heterocycles. The van der Waals surface area contributed by atoms with Gasteiger partial charge < -0.3 is 20.1 Å². The molecule has 2 atom stereocenters. The summed E-state index contributed by atoms with van der Waals surface area (Å²) in [6.07, 6.45) is 1.45. The Balaban J connectivity index is 0. The number of aliphatic hydroxyl groups is 1. The van der Waals surface area contributed by atoms with Crippen molar-refractivity contribution < 1.29 is 19.4 Å². The van der Waals surface area contributed by atoms with Crippen LogP contribution in [0.2, 0.25) is 0 Å². The number of likely N-dealkylation sites (N-methyl/N-ethyl adjacent to an activating group) is 1. The molecule has 0 aromatic heterocycles. The summed E-state index contributed by atoms with van der Waals surface area (Å²) in [5.41, 5.74) is 0.402. The Morgan fingerprint density at radius 3 is 2.45 bits per heavy atom. The van der Waals surface area contributed by atoms with Gasteiger partial charge in [0.15, 0.2) is 0 Å². The van der Waals surface area contributed by atoms with Gasteiger partial charge in [-0.25, -0.2) is 0 Å². The van der Waals surface area contributed by atoms with Gasteiger partial charge in [-0.3, -0.25) is 14.9 Å². The van der Waals surface area contributed by atoms with Gasteiger partial charge in [0, 0.05) is 31.9 Å². The molecule has 2 amide bonds. The van der Waals surface area contributed by atoms with E-state index in [1.54, 1.807) is 25.1 Å². The highest BCUT2D eigenvalue weighted by Crippen LogP contribution is 2.09. The van der Waals surface area contributed by atoms with Crippen LogP contribution in [-0.2, 0) is 14.3 Å². The average molecular weight is 317 g/mol. The minimum atomic E-state index is -0.445. The summed E-state index contributed by atoms with van der Waals surface area (Å²) < 4.78 is 5.61. The maximum Gasteiger partial charge on any atom is 0.254 e. The van der Waals surface area contributed by atoms with Gasteiger partial charge in [0.05, 0.1) is 12.7 Å². The normalized spacial score (nSPS) is 20.6. The number of ether oxygens (including phenoxy) is 1. The standard InChI is InChI=1S/C11H19N3O4.2C2H6/c1-8(11(17)13-7-16)5-14(2)10-4-12-3-9(6-15)18-10;2*1-2/h5,7,9-10,12,15H,3-4,6H2,1-2H3,(H,13,16,17);2*1-2H3/b8-5-;;. The van der Waals surface area contributed by atoms with Crippen LogP contribution in [0.3, 0.4) is 0 Å². The Morgan fingerprint density at radius 2 is 1.95 bits per heavy atom. The number of rotatable bonds is 5. The molecule has 0 saturated carbocycles. The molecule has 0 radical (unpaired) electrons. The fourth-order valence-corrected chi connectivity index (χ4v) is 1.65. The van der Waals surface area contributed by atoms with Crippen LogP contribution in [0.4, 0.5) is 0 Å². The first-order valence-electron chi connectivity index (χ1n) is 7.70. The van der Waals surface area contributed by atoms with Gasteiger partial charge in [0.1, 0.15) is 6.23 Å². The van der Waals surface area contributed by atoms with Gasteiger partial charge in [-0.15, -0.1) is 0 Å². The molecular formula is C15H31N3O4. The van der Waals surface area contributed by atoms with Crippen LogP contribution < -0.4 is 10.6 Å². The molecule has 7 heteroatoms. The lowest BCUT2D eigenvalue weighted by Gasteiger charge is -2.35. The number of amides is 2. The van der Waals surface area contributed by atoms with E-state index in [9.17, 15) is 9.59 Å². The molecular weight excluding hydrogens is 286 g/mol. The summed E-state index contributed by atoms with van der Waals surface area (Å²) in [5, 5.41) is 14.2. The first-order chi connectivity index (χ1) is 10.6. The fraction of sp³-hybridized carbons (Fsp3) is 0.733. The van der Waals surface area contributed by atoms with Crippen molar-refractivity contribution in [2.24, 2.45) is 0 Å². The second kappa shape index (κ2) is 14.5. The Bertz CT molecular complexity index is 335. The van der Waals surface area contributed by atoms with Crippen molar-refractivity contribution in [3.63, 3.8) is 0 Å². The number of nitrogens with zero attached hydrogens (tertiary/aromatic N) is 1. The van der Waals surface area contributed by atoms with Crippen molar-refractivity contribution in [3.8, 4) is 0 Å². The summed E-state index contributed by atoms with van der Waals surface area (Å²) >= 11 is 0. The van der Waals surface area contributed by atoms with Crippen LogP contribution in [-0.4, -0.2) is 61.4 Å². The Hall–Kier alpha value is -1.44. The number of carbonyl (C=O) groups is 2. The van der Waals surface area contributed by atoms with Gasteiger partial charge in [-0.05, 0) is 6.92 Å². The molecule has 1 saturated heterocycles. The van der Waals surface area contributed by atoms with E-state index in [1.165, 1.54) is 0 Å². The van der Waals surface area contributed by atoms with Gasteiger partial charge in [0.2, 0.25) is 6.41 Å². The van der Waals surface area contributed by atoms with E-state index in [0.29, 0.717) is 25.1 Å². The SMILES string of the molecule is C/C(=C/N(C)C1CNCC(CO)O1)C(=O)NC=O.CC.CC. The highest BCUT2D eigenvalue weighted by molar-refractivity contribution is 5.98. The van der Waals surface area contributed by atoms with Gasteiger partial charge in [0.25, 0.3) is 5.91 Å². The van der Waals surface area contributed by atoms with Gasteiger partial charge in [-0.1, -0.05) is 27.7 Å². The maximum atomic E-state index is 11.3. The third-order valence-corrected chi connectivity index (χ3v) is 2.64. The summed E-state index contributed by atoms with van der Waals surface area (Å²) in [6.45, 7) is 10.8. The zero-order chi connectivity index (χ0) is 17.5. The largest absolute Gasteiger partial charge is 0.394 e. The minimum absolute atomic E-state index is 0.0499. The summed E-state index contributed by atoms with van der Waals surface area (Å²) in [6, 6.07) is 0. The number of morpholine rings is 1. The van der Waals surface area contributed by atoms with E-state index in [0.717, 1.165) is 0 Å². The van der Waals surface area contributed by atoms with Crippen LogP contribution in [0.25, 0.3) is 0 Å². The van der Waals surface area contributed by atoms with Crippen molar-refractivity contribution in [3.05, 3.63) is 11.8 Å². The topological polar surface area (TPSA) is 90.9 Å². The highest BCUT2D eigenvalue weighted by Gasteiger charge is 2.23. The second-order valence-corrected chi connectivity index (χ2v) is 4.12. The Kier molecular flexibility index (Phi) is 15.0. The third-order valence-electron chi connectivity index (χ3n) is 2.64. The third kappa shape index (κ3) is 8.76. The minimum Gasteiger partial charge on any atom is -0.394 e. The molecule has 22 heavy (non-hydrogen) atoms. The maximum absolute atomic E-state index is 11.3. The molecule has 0 bridgehead atoms. The predicted octanol–water partition coefficient (Wildman–Crippen LogP) is 0.454. The molecule has 1 rings (SSSR count). The zero-order valence-corrected chi connectivity index (χ0v) is 14.5. The van der Waals surface area contributed by atoms with Crippen molar-refractivity contribution >= 4 is 12.3 Å². The van der Waals surface area contributed by atoms with E-state index < -0.39 is 5.91 Å². The molecule has 2 unspecified atom stereocenters. The van der Waals surface area contributed by atoms with E-state index in [2.05, 4.69) is 10.6 Å². The molecule has 0 aromatic rings. The zero-order valence-electron chi connectivity index (χ0n) is 14.5. The number of carbonyl (C=O) groups excluding carboxylic acids is 2. The lowest BCUT2D eigenvalue weighted by Crippen LogP contribution is -2.51. The first-order valence-corrected chi connectivity index (χ1v) is 7.70. The van der Waals surface area contributed by atoms with Crippen LogP contribution in [0.5, 0.6) is 0 Å². The number of imide groups is 1. The first kappa shape index (κ1) is 22.8. The molecule has 3 N–H and O–H groups in total. The number of nitrogens with one attached hydrogen (secondary N) is 2. The molecule has 7 nitrogen and oxygen atoms in total. The van der Waals surface area contributed by atoms with Crippen molar-refractivity contribution in [2.45, 2.75) is 47.0 Å². The second-order valence-electron chi connectivity index (χ2n) is 4.12. The van der Waals surface area contributed by atoms with Gasteiger partial charge >= 0.3 is 0 Å². The fourth-order valence-electron chi connectivity index (χ4n) is 1.65. The van der Waals surface area contributed by atoms with E-state index >= 15 is 0 Å². The molecule has 0 spiro atoms. The molecule has 0 aromatic carbocycles. The van der Waals surface area contributed by atoms with Crippen molar-refractivity contribution in [1.82, 2.24) is 15.5 Å². The molecule has 1 fully saturated rings. The lowest BCUT2D eigenvalue weighted by molar-refractivity contribution is -0.122. The van der Waals surface area contributed by atoms with E-state index in [-0.39, 0.29) is 18.9 Å². The summed E-state index contributed by atoms with van der Waals surface area (Å²) in [7, 11) is 1.77. The smallest absolute Gasteiger partial charge is 0.254 e. The summed E-state index contributed by atoms with van der Waals surface area (Å²) in [4.78, 5) is 23.2. The quantitative estimate of drug-likeness (QED) is 0.504. The summed E-state index contributed by atoms with van der Waals surface area (Å²) in [5.74, 6) is -0.445. The van der Waals surface area contributed by atoms with Crippen LogP contribution >= 0.6 is 0 Å². The Labute approximate surface area is 133 Å². The lowest BCUT2D eigenvalue weighted by atomic mass is 10.2. The van der Waals surface area contributed by atoms with Gasteiger partial charge in [-0.2, -0.15) is 0 Å². The van der Waals surface area contributed by atoms with Crippen LogP contribution in [0.1, 0.15) is 34.6 Å². The molecule has 0 aliphatic carbocycles. The van der Waals surface area contributed by atoms with Crippen molar-refractivity contribution in [1.29, 1.82) is 0 Å². The Morgan fingerprint density at radius 1 is 1.36 bits per heavy atom. The van der Waals surface area contributed by atoms with Crippen LogP contribution in [0.15, 0.2) is 11.8 Å². The highest BCUT2D eigenvalue weighted by atomic mass is 16.5. The molecule has 1 aliphatic heterocycles. The number of aliphatic hydroxyl groups excluding tert-OH is 1. The molecule has 130 valence electrons. The number of hydrogen-bond donors (Lipinski definition) is 3. The van der Waals surface area contributed by atoms with Crippen LogP contribution in [0, 0.1) is 0 Å². The predicted molar refractivity (Wildman–Crippen MR) is 87.0 cm³/mol. The monoisotopic (exact) mass is 317 g/mol.